The van der Waals surface area contributed by atoms with E-state index in [1.807, 2.05) is 12.3 Å². The molecule has 1 aromatic carbocycles. The molecule has 0 unspecified atom stereocenters. The Hall–Kier alpha value is -2.51. The van der Waals surface area contributed by atoms with Gasteiger partial charge in [0.15, 0.2) is 0 Å². The van der Waals surface area contributed by atoms with Gasteiger partial charge in [-0.3, -0.25) is 13.8 Å². The Morgan fingerprint density at radius 3 is 2.35 bits per heavy atom. The highest BCUT2D eigenvalue weighted by Gasteiger charge is 2.13. The topological polar surface area (TPSA) is 61.6 Å². The van der Waals surface area contributed by atoms with Gasteiger partial charge in [0.2, 0.25) is 0 Å². The maximum absolute atomic E-state index is 8.36. The fourth-order valence-electron chi connectivity index (χ4n) is 3.96. The van der Waals surface area contributed by atoms with Gasteiger partial charge in [-0.25, -0.2) is 0 Å². The van der Waals surface area contributed by atoms with Crippen molar-refractivity contribution in [1.29, 1.82) is 0 Å². The van der Waals surface area contributed by atoms with E-state index in [2.05, 4.69) is 69.3 Å². The van der Waals surface area contributed by atoms with Crippen molar-refractivity contribution < 1.29 is 9.90 Å². The number of benzene rings is 1. The van der Waals surface area contributed by atoms with Gasteiger partial charge < -0.3 is 14.9 Å². The van der Waals surface area contributed by atoms with Crippen molar-refractivity contribution in [1.82, 2.24) is 13.9 Å². The third-order valence-electron chi connectivity index (χ3n) is 5.53. The summed E-state index contributed by atoms with van der Waals surface area (Å²) in [6, 6.07) is 13.0. The Morgan fingerprint density at radius 2 is 1.71 bits per heavy atom. The van der Waals surface area contributed by atoms with E-state index in [0.29, 0.717) is 0 Å². The number of carboxylic acid groups (broad SMARTS) is 1. The number of likely N-dealkylation sites (tertiary alicyclic amines) is 1. The first-order chi connectivity index (χ1) is 15.1. The lowest BCUT2D eigenvalue weighted by Gasteiger charge is -2.18. The Balaban J connectivity index is 0.000000255. The molecule has 5 rings (SSSR count). The molecule has 6 nitrogen and oxygen atoms in total. The standard InChI is InChI=1S/C18H19N3S.C5H11N.CH2O2/c1-14-13-21(17-8-5-9-19-18(14)17)22-16-7-4-6-15(12-16)20-10-2-3-11-20;1-6-4-2-3-5-6;2-1-3/h4-9,12-13H,2-3,10-11H2,1H3;2-5H2,1H3;1H,(H,2,3). The molecule has 2 aromatic heterocycles. The lowest BCUT2D eigenvalue weighted by atomic mass is 10.3. The van der Waals surface area contributed by atoms with Crippen LogP contribution in [-0.4, -0.2) is 58.7 Å². The van der Waals surface area contributed by atoms with Crippen molar-refractivity contribution in [3.05, 3.63) is 54.4 Å². The first-order valence-electron chi connectivity index (χ1n) is 10.8. The van der Waals surface area contributed by atoms with Crippen molar-refractivity contribution >= 4 is 35.1 Å². The van der Waals surface area contributed by atoms with Gasteiger partial charge in [-0.2, -0.15) is 0 Å². The van der Waals surface area contributed by atoms with Gasteiger partial charge in [0.1, 0.15) is 0 Å². The third kappa shape index (κ3) is 6.48. The van der Waals surface area contributed by atoms with Crippen molar-refractivity contribution in [2.45, 2.75) is 37.5 Å². The molecule has 0 spiro atoms. The molecular formula is C24H32N4O2S. The number of anilines is 1. The first-order valence-corrected chi connectivity index (χ1v) is 11.6. The quantitative estimate of drug-likeness (QED) is 0.584. The molecule has 2 aliphatic rings. The molecule has 0 radical (unpaired) electrons. The van der Waals surface area contributed by atoms with Gasteiger partial charge in [-0.05, 0) is 101 Å². The first kappa shape index (κ1) is 23.2. The molecule has 2 fully saturated rings. The maximum atomic E-state index is 8.36. The fourth-order valence-corrected chi connectivity index (χ4v) is 4.96. The smallest absolute Gasteiger partial charge is 0.290 e. The highest BCUT2D eigenvalue weighted by atomic mass is 32.2. The molecule has 31 heavy (non-hydrogen) atoms. The summed E-state index contributed by atoms with van der Waals surface area (Å²) in [6.07, 6.45) is 9.48. The van der Waals surface area contributed by atoms with Gasteiger partial charge in [-0.1, -0.05) is 6.07 Å². The van der Waals surface area contributed by atoms with E-state index in [-0.39, 0.29) is 6.47 Å². The lowest BCUT2D eigenvalue weighted by Crippen LogP contribution is -2.17. The Bertz CT molecular complexity index is 963. The number of aromatic nitrogens is 2. The minimum absolute atomic E-state index is 0.250. The zero-order chi connectivity index (χ0) is 22.1. The summed E-state index contributed by atoms with van der Waals surface area (Å²) in [5.74, 6) is 0. The van der Waals surface area contributed by atoms with E-state index in [1.54, 1.807) is 11.9 Å². The number of carbonyl (C=O) groups is 1. The number of pyridine rings is 1. The summed E-state index contributed by atoms with van der Waals surface area (Å²) >= 11 is 1.76. The SMILES string of the molecule is CN1CCCC1.Cc1cn(Sc2cccc(N3CCCC3)c2)c2cccnc12.O=CO. The van der Waals surface area contributed by atoms with Gasteiger partial charge in [-0.15, -0.1) is 0 Å². The van der Waals surface area contributed by atoms with Crippen LogP contribution in [0.2, 0.25) is 0 Å². The number of hydrogen-bond acceptors (Lipinski definition) is 5. The molecule has 0 amide bonds. The summed E-state index contributed by atoms with van der Waals surface area (Å²) < 4.78 is 2.22. The van der Waals surface area contributed by atoms with Crippen LogP contribution in [0.25, 0.3) is 11.0 Å². The van der Waals surface area contributed by atoms with Gasteiger partial charge in [0.25, 0.3) is 6.47 Å². The van der Waals surface area contributed by atoms with Crippen LogP contribution in [0.5, 0.6) is 0 Å². The predicted octanol–water partition coefficient (Wildman–Crippen LogP) is 4.91. The molecule has 3 aromatic rings. The van der Waals surface area contributed by atoms with E-state index in [1.165, 1.54) is 73.5 Å². The average Bonchev–Trinajstić information content (AvgIpc) is 3.53. The lowest BCUT2D eigenvalue weighted by molar-refractivity contribution is -0.122. The maximum Gasteiger partial charge on any atom is 0.290 e. The molecule has 0 atom stereocenters. The minimum Gasteiger partial charge on any atom is -0.483 e. The number of rotatable bonds is 3. The van der Waals surface area contributed by atoms with Crippen LogP contribution >= 0.6 is 11.9 Å². The Morgan fingerprint density at radius 1 is 1.03 bits per heavy atom. The number of aryl methyl sites for hydroxylation is 1. The van der Waals surface area contributed by atoms with Crippen LogP contribution < -0.4 is 4.90 Å². The van der Waals surface area contributed by atoms with Crippen molar-refractivity contribution in [3.63, 3.8) is 0 Å². The largest absolute Gasteiger partial charge is 0.483 e. The second kappa shape index (κ2) is 11.8. The molecule has 0 bridgehead atoms. The minimum atomic E-state index is -0.250. The summed E-state index contributed by atoms with van der Waals surface area (Å²) in [5.41, 5.74) is 4.83. The van der Waals surface area contributed by atoms with E-state index in [9.17, 15) is 0 Å². The second-order valence-electron chi connectivity index (χ2n) is 7.91. The normalized spacial score (nSPS) is 15.9. The zero-order valence-corrected chi connectivity index (χ0v) is 19.2. The number of hydrogen-bond donors (Lipinski definition) is 1. The Kier molecular flexibility index (Phi) is 8.79. The molecule has 166 valence electrons. The number of fused-ring (bicyclic) bond motifs is 1. The third-order valence-corrected chi connectivity index (χ3v) is 6.49. The summed E-state index contributed by atoms with van der Waals surface area (Å²) in [5, 5.41) is 6.89. The number of nitrogens with zero attached hydrogens (tertiary/aromatic N) is 4. The summed E-state index contributed by atoms with van der Waals surface area (Å²) in [6.45, 7) is 6.88. The van der Waals surface area contributed by atoms with Gasteiger partial charge >= 0.3 is 0 Å². The molecular weight excluding hydrogens is 408 g/mol. The van der Waals surface area contributed by atoms with Crippen molar-refractivity contribution in [3.8, 4) is 0 Å². The molecule has 0 saturated carbocycles. The van der Waals surface area contributed by atoms with Gasteiger partial charge in [0.05, 0.1) is 11.0 Å². The Labute approximate surface area is 189 Å². The van der Waals surface area contributed by atoms with Crippen LogP contribution in [0, 0.1) is 6.92 Å². The monoisotopic (exact) mass is 440 g/mol. The average molecular weight is 441 g/mol. The summed E-state index contributed by atoms with van der Waals surface area (Å²) in [7, 11) is 2.17. The van der Waals surface area contributed by atoms with E-state index < -0.39 is 0 Å². The van der Waals surface area contributed by atoms with E-state index in [4.69, 9.17) is 9.90 Å². The van der Waals surface area contributed by atoms with E-state index in [0.717, 1.165) is 5.52 Å². The highest BCUT2D eigenvalue weighted by molar-refractivity contribution is 7.98. The summed E-state index contributed by atoms with van der Waals surface area (Å²) in [4.78, 5) is 18.9. The van der Waals surface area contributed by atoms with Crippen LogP contribution in [-0.2, 0) is 4.79 Å². The molecule has 2 aliphatic heterocycles. The van der Waals surface area contributed by atoms with Crippen LogP contribution in [0.4, 0.5) is 5.69 Å². The molecule has 2 saturated heterocycles. The second-order valence-corrected chi connectivity index (χ2v) is 8.96. The fraction of sp³-hybridized carbons (Fsp3) is 0.417. The van der Waals surface area contributed by atoms with Crippen molar-refractivity contribution in [2.75, 3.05) is 38.1 Å². The molecule has 4 heterocycles. The van der Waals surface area contributed by atoms with Crippen LogP contribution in [0.3, 0.4) is 0 Å². The van der Waals surface area contributed by atoms with Gasteiger partial charge in [0, 0.05) is 36.1 Å². The predicted molar refractivity (Wildman–Crippen MR) is 129 cm³/mol. The van der Waals surface area contributed by atoms with Crippen molar-refractivity contribution in [2.24, 2.45) is 0 Å². The molecule has 7 heteroatoms. The van der Waals surface area contributed by atoms with Crippen LogP contribution in [0.15, 0.2) is 53.7 Å². The van der Waals surface area contributed by atoms with E-state index >= 15 is 0 Å². The van der Waals surface area contributed by atoms with Crippen LogP contribution in [0.1, 0.15) is 31.2 Å². The molecule has 0 aliphatic carbocycles. The highest BCUT2D eigenvalue weighted by Crippen LogP contribution is 2.31. The molecule has 1 N–H and O–H groups in total. The zero-order valence-electron chi connectivity index (χ0n) is 18.4.